The van der Waals surface area contributed by atoms with Crippen LogP contribution in [0.15, 0.2) is 0 Å². The van der Waals surface area contributed by atoms with Crippen molar-refractivity contribution < 1.29 is 13.2 Å². The summed E-state index contributed by atoms with van der Waals surface area (Å²) in [5.74, 6) is 0.0268. The van der Waals surface area contributed by atoms with E-state index in [1.165, 1.54) is 4.31 Å². The first-order valence-electron chi connectivity index (χ1n) is 6.60. The van der Waals surface area contributed by atoms with Crippen molar-refractivity contribution in [1.82, 2.24) is 9.21 Å². The summed E-state index contributed by atoms with van der Waals surface area (Å²) < 4.78 is 30.9. The summed E-state index contributed by atoms with van der Waals surface area (Å²) in [5.41, 5.74) is 0. The second-order valence-corrected chi connectivity index (χ2v) is 7.06. The predicted molar refractivity (Wildman–Crippen MR) is 73.1 cm³/mol. The molecule has 0 radical (unpaired) electrons. The molecule has 0 N–H and O–H groups in total. The van der Waals surface area contributed by atoms with Crippen LogP contribution >= 0.6 is 0 Å². The van der Waals surface area contributed by atoms with Gasteiger partial charge in [0, 0.05) is 26.2 Å². The minimum absolute atomic E-state index is 0.0268. The van der Waals surface area contributed by atoms with Crippen molar-refractivity contribution in [3.05, 3.63) is 0 Å². The Labute approximate surface area is 116 Å². The maximum absolute atomic E-state index is 12.1. The van der Waals surface area contributed by atoms with E-state index in [0.29, 0.717) is 26.2 Å². The molecule has 0 aromatic rings. The molecule has 0 aliphatic carbocycles. The van der Waals surface area contributed by atoms with Crippen molar-refractivity contribution in [3.8, 4) is 6.07 Å². The van der Waals surface area contributed by atoms with Crippen LogP contribution in [0.2, 0.25) is 0 Å². The lowest BCUT2D eigenvalue weighted by Crippen LogP contribution is -2.51. The van der Waals surface area contributed by atoms with Gasteiger partial charge in [0.2, 0.25) is 10.0 Å². The average Bonchev–Trinajstić information content (AvgIpc) is 2.37. The third kappa shape index (κ3) is 5.07. The zero-order valence-electron chi connectivity index (χ0n) is 11.9. The van der Waals surface area contributed by atoms with Crippen molar-refractivity contribution >= 4 is 10.0 Å². The molecule has 19 heavy (non-hydrogen) atoms. The van der Waals surface area contributed by atoms with Gasteiger partial charge in [-0.3, -0.25) is 4.90 Å². The monoisotopic (exact) mass is 289 g/mol. The molecule has 1 saturated heterocycles. The summed E-state index contributed by atoms with van der Waals surface area (Å²) in [6, 6.07) is 2.01. The van der Waals surface area contributed by atoms with Gasteiger partial charge in [-0.15, -0.1) is 0 Å². The van der Waals surface area contributed by atoms with E-state index in [1.807, 2.05) is 25.7 Å². The molecule has 1 unspecified atom stereocenters. The Kier molecular flexibility index (Phi) is 6.20. The minimum Gasteiger partial charge on any atom is -0.378 e. The Morgan fingerprint density at radius 1 is 1.21 bits per heavy atom. The number of rotatable bonds is 6. The van der Waals surface area contributed by atoms with Gasteiger partial charge in [0.1, 0.15) is 0 Å². The lowest BCUT2D eigenvalue weighted by Gasteiger charge is -2.35. The van der Waals surface area contributed by atoms with E-state index < -0.39 is 10.0 Å². The number of hydrogen-bond acceptors (Lipinski definition) is 5. The van der Waals surface area contributed by atoms with Crippen LogP contribution in [0.25, 0.3) is 0 Å². The molecule has 1 atom stereocenters. The van der Waals surface area contributed by atoms with Crippen molar-refractivity contribution in [2.45, 2.75) is 32.9 Å². The summed E-state index contributed by atoms with van der Waals surface area (Å²) in [6.45, 7) is 7.96. The Balaban J connectivity index is 2.43. The number of nitriles is 1. The van der Waals surface area contributed by atoms with Gasteiger partial charge in [0.15, 0.2) is 0 Å². The number of ether oxygens (including phenoxy) is 1. The number of hydrogen-bond donors (Lipinski definition) is 0. The molecule has 1 rings (SSSR count). The van der Waals surface area contributed by atoms with Gasteiger partial charge in [-0.1, -0.05) is 0 Å². The summed E-state index contributed by atoms with van der Waals surface area (Å²) >= 11 is 0. The molecule has 7 heteroatoms. The molecule has 0 bridgehead atoms. The topological polar surface area (TPSA) is 73.6 Å². The van der Waals surface area contributed by atoms with Gasteiger partial charge in [-0.25, -0.2) is 8.42 Å². The first-order chi connectivity index (χ1) is 8.86. The molecule has 0 saturated carbocycles. The number of sulfonamides is 1. The van der Waals surface area contributed by atoms with Gasteiger partial charge in [-0.2, -0.15) is 9.57 Å². The maximum Gasteiger partial charge on any atom is 0.216 e. The van der Waals surface area contributed by atoms with Crippen molar-refractivity contribution in [1.29, 1.82) is 5.26 Å². The normalized spacial score (nSPS) is 20.4. The van der Waals surface area contributed by atoms with Crippen molar-refractivity contribution in [2.24, 2.45) is 0 Å². The third-order valence-electron chi connectivity index (χ3n) is 3.19. The molecule has 1 aliphatic heterocycles. The Hall–Kier alpha value is -0.680. The fraction of sp³-hybridized carbons (Fsp3) is 0.917. The molecule has 1 fully saturated rings. The fourth-order valence-electron chi connectivity index (χ4n) is 1.97. The summed E-state index contributed by atoms with van der Waals surface area (Å²) in [4.78, 5) is 2.00. The van der Waals surface area contributed by atoms with E-state index in [0.717, 1.165) is 0 Å². The first kappa shape index (κ1) is 16.4. The van der Waals surface area contributed by atoms with Crippen LogP contribution in [0.1, 0.15) is 20.8 Å². The van der Waals surface area contributed by atoms with Crippen LogP contribution in [0.4, 0.5) is 0 Å². The highest BCUT2D eigenvalue weighted by atomic mass is 32.2. The molecular formula is C12H23N3O3S. The Morgan fingerprint density at radius 2 is 1.79 bits per heavy atom. The summed E-state index contributed by atoms with van der Waals surface area (Å²) in [7, 11) is -3.24. The van der Waals surface area contributed by atoms with Gasteiger partial charge < -0.3 is 4.74 Å². The van der Waals surface area contributed by atoms with Gasteiger partial charge >= 0.3 is 0 Å². The average molecular weight is 289 g/mol. The molecule has 0 spiro atoms. The lowest BCUT2D eigenvalue weighted by atomic mass is 10.2. The zero-order chi connectivity index (χ0) is 14.5. The lowest BCUT2D eigenvalue weighted by molar-refractivity contribution is 0.0901. The molecule has 110 valence electrons. The summed E-state index contributed by atoms with van der Waals surface area (Å²) in [6.07, 6.45) is 0.0449. The second kappa shape index (κ2) is 7.20. The van der Waals surface area contributed by atoms with Crippen LogP contribution in [-0.4, -0.2) is 68.3 Å². The fourth-order valence-corrected chi connectivity index (χ4v) is 3.25. The van der Waals surface area contributed by atoms with E-state index in [9.17, 15) is 8.42 Å². The standard InChI is InChI=1S/C12H23N3O3S/c1-11(2)18-8-9-19(16,17)15-6-4-14(5-7-15)12(3)10-13/h11-12H,4-9H2,1-3H3. The molecule has 1 aliphatic rings. The van der Waals surface area contributed by atoms with E-state index in [-0.39, 0.29) is 24.5 Å². The third-order valence-corrected chi connectivity index (χ3v) is 5.03. The molecule has 6 nitrogen and oxygen atoms in total. The van der Waals surface area contributed by atoms with Crippen molar-refractivity contribution in [3.63, 3.8) is 0 Å². The predicted octanol–water partition coefficient (Wildman–Crippen LogP) is 0.271. The molecular weight excluding hydrogens is 266 g/mol. The van der Waals surface area contributed by atoms with E-state index in [2.05, 4.69) is 6.07 Å². The van der Waals surface area contributed by atoms with Crippen LogP contribution in [0.5, 0.6) is 0 Å². The van der Waals surface area contributed by atoms with Crippen LogP contribution < -0.4 is 0 Å². The smallest absolute Gasteiger partial charge is 0.216 e. The van der Waals surface area contributed by atoms with E-state index >= 15 is 0 Å². The number of piperazine rings is 1. The molecule has 0 aromatic carbocycles. The Bertz CT molecular complexity index is 408. The van der Waals surface area contributed by atoms with E-state index in [4.69, 9.17) is 10.00 Å². The van der Waals surface area contributed by atoms with Gasteiger partial charge in [0.05, 0.1) is 30.6 Å². The SMILES string of the molecule is CC(C)OCCS(=O)(=O)N1CCN(C(C)C#N)CC1. The van der Waals surface area contributed by atoms with Gasteiger partial charge in [0.25, 0.3) is 0 Å². The second-order valence-electron chi connectivity index (χ2n) is 4.98. The zero-order valence-corrected chi connectivity index (χ0v) is 12.7. The molecule has 0 amide bonds. The van der Waals surface area contributed by atoms with E-state index in [1.54, 1.807) is 0 Å². The highest BCUT2D eigenvalue weighted by Gasteiger charge is 2.28. The maximum atomic E-state index is 12.1. The van der Waals surface area contributed by atoms with Gasteiger partial charge in [-0.05, 0) is 20.8 Å². The highest BCUT2D eigenvalue weighted by molar-refractivity contribution is 7.89. The molecule has 0 aromatic heterocycles. The largest absolute Gasteiger partial charge is 0.378 e. The highest BCUT2D eigenvalue weighted by Crippen LogP contribution is 2.10. The minimum atomic E-state index is -3.24. The first-order valence-corrected chi connectivity index (χ1v) is 8.21. The quantitative estimate of drug-likeness (QED) is 0.702. The molecule has 1 heterocycles. The Morgan fingerprint density at radius 3 is 2.26 bits per heavy atom. The summed E-state index contributed by atoms with van der Waals surface area (Å²) in [5, 5.41) is 8.84. The van der Waals surface area contributed by atoms with Crippen LogP contribution in [-0.2, 0) is 14.8 Å². The van der Waals surface area contributed by atoms with Crippen LogP contribution in [0.3, 0.4) is 0 Å². The number of nitrogens with zero attached hydrogens (tertiary/aromatic N) is 3. The van der Waals surface area contributed by atoms with Crippen molar-refractivity contribution in [2.75, 3.05) is 38.5 Å². The van der Waals surface area contributed by atoms with Crippen LogP contribution in [0, 0.1) is 11.3 Å².